The van der Waals surface area contributed by atoms with Crippen LogP contribution in [-0.2, 0) is 6.54 Å². The lowest BCUT2D eigenvalue weighted by Gasteiger charge is -2.18. The number of nitrogens with one attached hydrogen (secondary N) is 2. The van der Waals surface area contributed by atoms with Crippen LogP contribution in [0.2, 0.25) is 0 Å². The van der Waals surface area contributed by atoms with E-state index in [1.54, 1.807) is 0 Å². The second kappa shape index (κ2) is 3.65. The lowest BCUT2D eigenvalue weighted by molar-refractivity contribution is 0.704. The highest BCUT2D eigenvalue weighted by atomic mass is 15.1. The Hall–Kier alpha value is -2.20. The van der Waals surface area contributed by atoms with Crippen molar-refractivity contribution in [1.82, 2.24) is 15.3 Å². The Morgan fingerprint density at radius 2 is 1.94 bits per heavy atom. The lowest BCUT2D eigenvalue weighted by atomic mass is 10.1. The van der Waals surface area contributed by atoms with Gasteiger partial charge in [0, 0.05) is 22.9 Å². The topological polar surface area (TPSA) is 49.8 Å². The van der Waals surface area contributed by atoms with Crippen LogP contribution in [0.25, 0.3) is 21.9 Å². The molecule has 4 nitrogen and oxygen atoms in total. The van der Waals surface area contributed by atoms with E-state index in [2.05, 4.69) is 38.8 Å². The van der Waals surface area contributed by atoms with E-state index < -0.39 is 0 Å². The number of anilines is 1. The van der Waals surface area contributed by atoms with Gasteiger partial charge in [0.05, 0.1) is 12.2 Å². The molecular formula is C14H12N4. The fraction of sp³-hybridized carbons (Fsp3) is 0.143. The van der Waals surface area contributed by atoms with Gasteiger partial charge in [-0.3, -0.25) is 5.32 Å². The number of rotatable bonds is 0. The van der Waals surface area contributed by atoms with Gasteiger partial charge in [-0.25, -0.2) is 9.97 Å². The maximum absolute atomic E-state index is 4.61. The van der Waals surface area contributed by atoms with Gasteiger partial charge in [0.2, 0.25) is 0 Å². The summed E-state index contributed by atoms with van der Waals surface area (Å²) >= 11 is 0. The van der Waals surface area contributed by atoms with Crippen molar-refractivity contribution in [1.29, 1.82) is 0 Å². The van der Waals surface area contributed by atoms with Gasteiger partial charge in [0.25, 0.3) is 0 Å². The fourth-order valence-electron chi connectivity index (χ4n) is 2.38. The quantitative estimate of drug-likeness (QED) is 0.588. The summed E-state index contributed by atoms with van der Waals surface area (Å²) in [5.41, 5.74) is 3.00. The monoisotopic (exact) mass is 236 g/mol. The molecule has 0 unspecified atom stereocenters. The number of para-hydroxylation sites is 1. The molecule has 3 heterocycles. The third-order valence-corrected chi connectivity index (χ3v) is 3.28. The maximum Gasteiger partial charge on any atom is 0.162 e. The van der Waals surface area contributed by atoms with Gasteiger partial charge < -0.3 is 5.32 Å². The van der Waals surface area contributed by atoms with Crippen LogP contribution >= 0.6 is 0 Å². The molecule has 1 aliphatic heterocycles. The van der Waals surface area contributed by atoms with Crippen LogP contribution < -0.4 is 10.6 Å². The number of benzene rings is 1. The van der Waals surface area contributed by atoms with E-state index in [4.69, 9.17) is 0 Å². The molecule has 18 heavy (non-hydrogen) atoms. The molecule has 0 bridgehead atoms. The molecule has 0 fully saturated rings. The molecule has 4 heteroatoms. The zero-order chi connectivity index (χ0) is 11.9. The molecule has 2 aromatic heterocycles. The Bertz CT molecular complexity index is 687. The van der Waals surface area contributed by atoms with Gasteiger partial charge in [-0.05, 0) is 18.2 Å². The number of nitrogens with zero attached hydrogens (tertiary/aromatic N) is 2. The second-order valence-corrected chi connectivity index (χ2v) is 4.50. The summed E-state index contributed by atoms with van der Waals surface area (Å²) in [5, 5.41) is 8.76. The number of fused-ring (bicyclic) bond motifs is 3. The zero-order valence-corrected chi connectivity index (χ0v) is 9.77. The van der Waals surface area contributed by atoms with Gasteiger partial charge in [-0.2, -0.15) is 0 Å². The van der Waals surface area contributed by atoms with Crippen molar-refractivity contribution >= 4 is 27.8 Å². The van der Waals surface area contributed by atoms with Gasteiger partial charge in [-0.1, -0.05) is 18.2 Å². The van der Waals surface area contributed by atoms with Crippen molar-refractivity contribution in [2.75, 3.05) is 12.0 Å². The van der Waals surface area contributed by atoms with Crippen molar-refractivity contribution < 1.29 is 0 Å². The van der Waals surface area contributed by atoms with Crippen LogP contribution in [0.4, 0.5) is 5.82 Å². The summed E-state index contributed by atoms with van der Waals surface area (Å²) in [6.45, 7) is 1.62. The van der Waals surface area contributed by atoms with Crippen LogP contribution in [-0.4, -0.2) is 16.6 Å². The molecule has 0 aliphatic carbocycles. The van der Waals surface area contributed by atoms with Gasteiger partial charge >= 0.3 is 0 Å². The zero-order valence-electron chi connectivity index (χ0n) is 9.77. The first-order valence-corrected chi connectivity index (χ1v) is 6.04. The molecule has 0 spiro atoms. The van der Waals surface area contributed by atoms with Crippen molar-refractivity contribution in [2.45, 2.75) is 6.54 Å². The van der Waals surface area contributed by atoms with Crippen LogP contribution in [0.3, 0.4) is 0 Å². The van der Waals surface area contributed by atoms with E-state index in [0.29, 0.717) is 0 Å². The molecular weight excluding hydrogens is 224 g/mol. The van der Waals surface area contributed by atoms with E-state index in [1.807, 2.05) is 18.2 Å². The minimum Gasteiger partial charge on any atom is -0.357 e. The van der Waals surface area contributed by atoms with Gasteiger partial charge in [0.15, 0.2) is 5.65 Å². The second-order valence-electron chi connectivity index (χ2n) is 4.50. The van der Waals surface area contributed by atoms with E-state index in [-0.39, 0.29) is 0 Å². The smallest absolute Gasteiger partial charge is 0.162 e. The molecule has 0 amide bonds. The summed E-state index contributed by atoms with van der Waals surface area (Å²) < 4.78 is 0. The molecule has 1 aromatic carbocycles. The number of aromatic nitrogens is 2. The fourth-order valence-corrected chi connectivity index (χ4v) is 2.38. The lowest BCUT2D eigenvalue weighted by Crippen LogP contribution is -2.28. The third kappa shape index (κ3) is 1.43. The van der Waals surface area contributed by atoms with E-state index >= 15 is 0 Å². The number of pyridine rings is 2. The highest BCUT2D eigenvalue weighted by molar-refractivity contribution is 5.92. The van der Waals surface area contributed by atoms with Crippen molar-refractivity contribution in [3.63, 3.8) is 0 Å². The van der Waals surface area contributed by atoms with Crippen molar-refractivity contribution in [2.24, 2.45) is 0 Å². The molecule has 3 aromatic rings. The van der Waals surface area contributed by atoms with Crippen LogP contribution in [0.1, 0.15) is 5.56 Å². The molecule has 0 saturated heterocycles. The summed E-state index contributed by atoms with van der Waals surface area (Å²) in [7, 11) is 0. The molecule has 4 rings (SSSR count). The van der Waals surface area contributed by atoms with E-state index in [9.17, 15) is 0 Å². The Kier molecular flexibility index (Phi) is 1.98. The molecule has 0 radical (unpaired) electrons. The first-order valence-electron chi connectivity index (χ1n) is 6.04. The summed E-state index contributed by atoms with van der Waals surface area (Å²) in [6, 6.07) is 12.4. The Labute approximate surface area is 104 Å². The average Bonchev–Trinajstić information content (AvgIpc) is 2.42. The Morgan fingerprint density at radius 3 is 2.94 bits per heavy atom. The summed E-state index contributed by atoms with van der Waals surface area (Å²) in [5.74, 6) is 0.948. The minimum atomic E-state index is 0.763. The molecule has 88 valence electrons. The minimum absolute atomic E-state index is 0.763. The largest absolute Gasteiger partial charge is 0.357 e. The standard InChI is InChI=1S/C14H12N4/c1-2-4-12-9(3-1)5-10-6-11-7-15-8-16-13(11)18-14(10)17-12/h1-6,15H,7-8H2,(H,16,17,18). The number of hydrogen-bond acceptors (Lipinski definition) is 4. The van der Waals surface area contributed by atoms with E-state index in [0.717, 1.165) is 41.0 Å². The highest BCUT2D eigenvalue weighted by Gasteiger charge is 2.11. The van der Waals surface area contributed by atoms with Crippen molar-refractivity contribution in [3.8, 4) is 0 Å². The van der Waals surface area contributed by atoms with Crippen LogP contribution in [0.15, 0.2) is 36.4 Å². The highest BCUT2D eigenvalue weighted by Crippen LogP contribution is 2.24. The first kappa shape index (κ1) is 9.79. The van der Waals surface area contributed by atoms with E-state index in [1.165, 1.54) is 5.56 Å². The molecule has 2 N–H and O–H groups in total. The summed E-state index contributed by atoms with van der Waals surface area (Å²) in [4.78, 5) is 9.22. The van der Waals surface area contributed by atoms with Gasteiger partial charge in [0.1, 0.15) is 5.82 Å². The molecule has 0 saturated carbocycles. The van der Waals surface area contributed by atoms with Crippen LogP contribution in [0, 0.1) is 0 Å². The Morgan fingerprint density at radius 1 is 1.00 bits per heavy atom. The molecule has 0 atom stereocenters. The predicted molar refractivity (Wildman–Crippen MR) is 72.4 cm³/mol. The third-order valence-electron chi connectivity index (χ3n) is 3.28. The predicted octanol–water partition coefficient (Wildman–Crippen LogP) is 2.26. The van der Waals surface area contributed by atoms with Gasteiger partial charge in [-0.15, -0.1) is 0 Å². The normalized spacial score (nSPS) is 14.4. The van der Waals surface area contributed by atoms with Crippen LogP contribution in [0.5, 0.6) is 0 Å². The number of hydrogen-bond donors (Lipinski definition) is 2. The van der Waals surface area contributed by atoms with Crippen molar-refractivity contribution in [3.05, 3.63) is 42.0 Å². The maximum atomic E-state index is 4.61. The summed E-state index contributed by atoms with van der Waals surface area (Å²) in [6.07, 6.45) is 0. The Balaban J connectivity index is 2.05. The first-order chi connectivity index (χ1) is 8.90. The molecule has 1 aliphatic rings. The average molecular weight is 236 g/mol. The SMILES string of the molecule is c1ccc2nc3nc4c(cc3cc2c1)CNCN4.